The molecule has 2 aromatic heterocycles. The van der Waals surface area contributed by atoms with E-state index in [0.29, 0.717) is 18.7 Å². The largest absolute Gasteiger partial charge is 0.382 e. The van der Waals surface area contributed by atoms with Gasteiger partial charge in [-0.3, -0.25) is 4.79 Å². The zero-order valence-electron chi connectivity index (χ0n) is 14.1. The lowest BCUT2D eigenvalue weighted by molar-refractivity contribution is -0.139. The minimum atomic E-state index is -1.13. The summed E-state index contributed by atoms with van der Waals surface area (Å²) in [4.78, 5) is 14.6. The van der Waals surface area contributed by atoms with Crippen molar-refractivity contribution in [2.24, 2.45) is 0 Å². The normalized spacial score (nSPS) is 21.0. The molecule has 1 saturated heterocycles. The van der Waals surface area contributed by atoms with Gasteiger partial charge in [0.1, 0.15) is 17.8 Å². The van der Waals surface area contributed by atoms with E-state index in [1.807, 2.05) is 35.8 Å². The van der Waals surface area contributed by atoms with E-state index in [4.69, 9.17) is 0 Å². The smallest absolute Gasteiger partial charge is 0.242 e. The highest BCUT2D eigenvalue weighted by Crippen LogP contribution is 2.30. The number of H-pyrrole nitrogens is 1. The van der Waals surface area contributed by atoms with Crippen molar-refractivity contribution in [1.82, 2.24) is 24.9 Å². The molecule has 130 valence electrons. The fourth-order valence-electron chi connectivity index (χ4n) is 3.68. The van der Waals surface area contributed by atoms with Crippen LogP contribution in [-0.2, 0) is 16.9 Å². The zero-order valence-corrected chi connectivity index (χ0v) is 14.1. The number of piperidine rings is 1. The van der Waals surface area contributed by atoms with Gasteiger partial charge in [-0.05, 0) is 37.3 Å². The summed E-state index contributed by atoms with van der Waals surface area (Å²) in [5, 5.41) is 22.3. The van der Waals surface area contributed by atoms with Crippen molar-refractivity contribution in [3.8, 4) is 0 Å². The molecule has 0 spiro atoms. The summed E-state index contributed by atoms with van der Waals surface area (Å²) < 4.78 is 2.03. The molecule has 1 amide bonds. The first kappa shape index (κ1) is 15.8. The van der Waals surface area contributed by atoms with E-state index in [2.05, 4.69) is 21.5 Å². The van der Waals surface area contributed by atoms with Gasteiger partial charge in [0, 0.05) is 17.8 Å². The molecule has 1 unspecified atom stereocenters. The lowest BCUT2D eigenvalue weighted by Gasteiger charge is -2.38. The van der Waals surface area contributed by atoms with Gasteiger partial charge in [0.25, 0.3) is 0 Å². The first-order chi connectivity index (χ1) is 12.1. The highest BCUT2D eigenvalue weighted by atomic mass is 16.3. The van der Waals surface area contributed by atoms with Crippen molar-refractivity contribution >= 4 is 16.8 Å². The predicted molar refractivity (Wildman–Crippen MR) is 92.8 cm³/mol. The number of aromatic nitrogens is 4. The van der Waals surface area contributed by atoms with Crippen LogP contribution in [0, 0.1) is 6.92 Å². The Labute approximate surface area is 145 Å². The SMILES string of the molecule is Cc1cc2ccccc2n1CC(=O)N1CCCC(O)(c2cn[nH]n2)C1. The number of nitrogens with one attached hydrogen (secondary N) is 1. The molecule has 25 heavy (non-hydrogen) atoms. The molecule has 3 heterocycles. The predicted octanol–water partition coefficient (Wildman–Crippen LogP) is 1.58. The lowest BCUT2D eigenvalue weighted by Crippen LogP contribution is -2.49. The third-order valence-electron chi connectivity index (χ3n) is 5.03. The van der Waals surface area contributed by atoms with Crippen LogP contribution in [-0.4, -0.2) is 49.0 Å². The third-order valence-corrected chi connectivity index (χ3v) is 5.03. The molecule has 2 N–H and O–H groups in total. The Balaban J connectivity index is 1.55. The fourth-order valence-corrected chi connectivity index (χ4v) is 3.68. The molecule has 1 fully saturated rings. The molecule has 1 aliphatic heterocycles. The average Bonchev–Trinajstić information content (AvgIpc) is 3.24. The summed E-state index contributed by atoms with van der Waals surface area (Å²) in [5.41, 5.74) is 1.47. The van der Waals surface area contributed by atoms with Crippen LogP contribution in [0.3, 0.4) is 0 Å². The Morgan fingerprint density at radius 3 is 3.04 bits per heavy atom. The number of carbonyl (C=O) groups excluding carboxylic acids is 1. The number of aryl methyl sites for hydroxylation is 1. The second-order valence-electron chi connectivity index (χ2n) is 6.74. The van der Waals surface area contributed by atoms with E-state index >= 15 is 0 Å². The number of aromatic amines is 1. The monoisotopic (exact) mass is 339 g/mol. The maximum absolute atomic E-state index is 12.9. The maximum atomic E-state index is 12.9. The number of carbonyl (C=O) groups is 1. The van der Waals surface area contributed by atoms with Gasteiger partial charge in [0.15, 0.2) is 0 Å². The number of benzene rings is 1. The number of rotatable bonds is 3. The summed E-state index contributed by atoms with van der Waals surface area (Å²) >= 11 is 0. The van der Waals surface area contributed by atoms with Gasteiger partial charge in [-0.1, -0.05) is 18.2 Å². The van der Waals surface area contributed by atoms with Crippen molar-refractivity contribution in [2.45, 2.75) is 31.9 Å². The first-order valence-electron chi connectivity index (χ1n) is 8.48. The number of β-amino-alcohol motifs (C(OH)–C–C–N with tert-alkyl or cyclic N) is 1. The Morgan fingerprint density at radius 1 is 1.40 bits per heavy atom. The van der Waals surface area contributed by atoms with Crippen molar-refractivity contribution < 1.29 is 9.90 Å². The molecule has 3 aromatic rings. The summed E-state index contributed by atoms with van der Waals surface area (Å²) in [6, 6.07) is 10.1. The van der Waals surface area contributed by atoms with Crippen molar-refractivity contribution in [2.75, 3.05) is 13.1 Å². The Morgan fingerprint density at radius 2 is 2.24 bits per heavy atom. The zero-order chi connectivity index (χ0) is 17.4. The van der Waals surface area contributed by atoms with Gasteiger partial charge in [0.05, 0.1) is 12.7 Å². The van der Waals surface area contributed by atoms with E-state index in [-0.39, 0.29) is 19.0 Å². The Bertz CT molecular complexity index is 901. The maximum Gasteiger partial charge on any atom is 0.242 e. The van der Waals surface area contributed by atoms with Crippen LogP contribution in [0.1, 0.15) is 24.2 Å². The highest BCUT2D eigenvalue weighted by Gasteiger charge is 2.38. The minimum absolute atomic E-state index is 0.00562. The van der Waals surface area contributed by atoms with Crippen LogP contribution in [0.25, 0.3) is 10.9 Å². The van der Waals surface area contributed by atoms with Gasteiger partial charge in [-0.15, -0.1) is 0 Å². The van der Waals surface area contributed by atoms with E-state index in [1.54, 1.807) is 4.90 Å². The second-order valence-corrected chi connectivity index (χ2v) is 6.74. The van der Waals surface area contributed by atoms with Crippen LogP contribution in [0.15, 0.2) is 36.5 Å². The summed E-state index contributed by atoms with van der Waals surface area (Å²) in [6.45, 7) is 3.18. The number of aliphatic hydroxyl groups is 1. The lowest BCUT2D eigenvalue weighted by atomic mass is 9.90. The molecule has 1 aromatic carbocycles. The van der Waals surface area contributed by atoms with Gasteiger partial charge >= 0.3 is 0 Å². The molecule has 1 aliphatic rings. The van der Waals surface area contributed by atoms with Gasteiger partial charge < -0.3 is 14.6 Å². The highest BCUT2D eigenvalue weighted by molar-refractivity contribution is 5.84. The molecule has 7 heteroatoms. The van der Waals surface area contributed by atoms with Crippen LogP contribution >= 0.6 is 0 Å². The Kier molecular flexibility index (Phi) is 3.80. The van der Waals surface area contributed by atoms with Crippen LogP contribution < -0.4 is 0 Å². The standard InChI is InChI=1S/C18H21N5O2/c1-13-9-14-5-2-3-6-15(14)23(13)11-17(24)22-8-4-7-18(25,12-22)16-10-19-21-20-16/h2-3,5-6,9-10,25H,4,7-8,11-12H2,1H3,(H,19,20,21). The number of likely N-dealkylation sites (tertiary alicyclic amines) is 1. The average molecular weight is 339 g/mol. The fraction of sp³-hybridized carbons (Fsp3) is 0.389. The minimum Gasteiger partial charge on any atom is -0.382 e. The third kappa shape index (κ3) is 2.80. The van der Waals surface area contributed by atoms with Crippen molar-refractivity contribution in [1.29, 1.82) is 0 Å². The molecule has 4 rings (SSSR count). The Hall–Kier alpha value is -2.67. The summed E-state index contributed by atoms with van der Waals surface area (Å²) in [6.07, 6.45) is 2.84. The first-order valence-corrected chi connectivity index (χ1v) is 8.48. The second kappa shape index (κ2) is 6.00. The van der Waals surface area contributed by atoms with Crippen LogP contribution in [0.5, 0.6) is 0 Å². The summed E-state index contributed by atoms with van der Waals surface area (Å²) in [5.74, 6) is 0.00562. The van der Waals surface area contributed by atoms with E-state index in [0.717, 1.165) is 23.0 Å². The van der Waals surface area contributed by atoms with E-state index in [9.17, 15) is 9.90 Å². The molecular formula is C18H21N5O2. The van der Waals surface area contributed by atoms with Gasteiger partial charge in [-0.25, -0.2) is 0 Å². The molecule has 0 bridgehead atoms. The molecule has 1 atom stereocenters. The number of fused-ring (bicyclic) bond motifs is 1. The molecule has 0 saturated carbocycles. The number of hydrogen-bond acceptors (Lipinski definition) is 4. The van der Waals surface area contributed by atoms with Gasteiger partial charge in [0.2, 0.25) is 5.91 Å². The number of nitrogens with zero attached hydrogens (tertiary/aromatic N) is 4. The number of amides is 1. The number of para-hydroxylation sites is 1. The van der Waals surface area contributed by atoms with Gasteiger partial charge in [-0.2, -0.15) is 15.4 Å². The summed E-state index contributed by atoms with van der Waals surface area (Å²) in [7, 11) is 0. The van der Waals surface area contributed by atoms with E-state index < -0.39 is 5.60 Å². The molecular weight excluding hydrogens is 318 g/mol. The van der Waals surface area contributed by atoms with Crippen LogP contribution in [0.4, 0.5) is 0 Å². The van der Waals surface area contributed by atoms with Crippen LogP contribution in [0.2, 0.25) is 0 Å². The van der Waals surface area contributed by atoms with Crippen molar-refractivity contribution in [3.63, 3.8) is 0 Å². The van der Waals surface area contributed by atoms with E-state index in [1.165, 1.54) is 6.20 Å². The molecule has 0 aliphatic carbocycles. The molecule has 7 nitrogen and oxygen atoms in total. The van der Waals surface area contributed by atoms with Crippen molar-refractivity contribution in [3.05, 3.63) is 47.9 Å². The molecule has 0 radical (unpaired) electrons. The quantitative estimate of drug-likeness (QED) is 0.758. The topological polar surface area (TPSA) is 87.0 Å². The number of hydrogen-bond donors (Lipinski definition) is 2.